The number of hydrogen-bond donors (Lipinski definition) is 0. The number of rotatable bonds is 0. The molecule has 0 amide bonds. The highest BCUT2D eigenvalue weighted by Crippen LogP contribution is 2.20. The molecule has 1 heterocycles. The van der Waals surface area contributed by atoms with Crippen LogP contribution in [-0.2, 0) is 6.42 Å². The fourth-order valence-corrected chi connectivity index (χ4v) is 1.34. The van der Waals surface area contributed by atoms with Crippen LogP contribution in [0.2, 0.25) is 0 Å². The predicted octanol–water partition coefficient (Wildman–Crippen LogP) is 1.96. The lowest BCUT2D eigenvalue weighted by Gasteiger charge is -1.99. The quantitative estimate of drug-likeness (QED) is 0.524. The van der Waals surface area contributed by atoms with E-state index in [4.69, 9.17) is 0 Å². The highest BCUT2D eigenvalue weighted by atomic mass is 14.6. The first-order valence-electron chi connectivity index (χ1n) is 3.48. The normalized spacial score (nSPS) is 13.7. The highest BCUT2D eigenvalue weighted by molar-refractivity contribution is 5.61. The standard InChI is InChI=1S/C9H9N/c1-7-5-10-6-8-3-2-4-9(7)8/h2,4-6H,3H2,1H3. The summed E-state index contributed by atoms with van der Waals surface area (Å²) < 4.78 is 0. The Hall–Kier alpha value is -1.11. The molecule has 2 rings (SSSR count). The van der Waals surface area contributed by atoms with E-state index in [1.807, 2.05) is 12.4 Å². The minimum absolute atomic E-state index is 1.06. The van der Waals surface area contributed by atoms with Gasteiger partial charge >= 0.3 is 0 Å². The summed E-state index contributed by atoms with van der Waals surface area (Å²) >= 11 is 0. The van der Waals surface area contributed by atoms with E-state index in [-0.39, 0.29) is 0 Å². The van der Waals surface area contributed by atoms with Gasteiger partial charge < -0.3 is 0 Å². The SMILES string of the molecule is Cc1cncc2c1C=CC2. The molecule has 1 aliphatic carbocycles. The summed E-state index contributed by atoms with van der Waals surface area (Å²) in [6.45, 7) is 2.10. The number of aryl methyl sites for hydroxylation is 1. The van der Waals surface area contributed by atoms with Crippen LogP contribution in [0.4, 0.5) is 0 Å². The smallest absolute Gasteiger partial charge is 0.0309 e. The third kappa shape index (κ3) is 0.670. The van der Waals surface area contributed by atoms with Gasteiger partial charge in [0.15, 0.2) is 0 Å². The summed E-state index contributed by atoms with van der Waals surface area (Å²) in [4.78, 5) is 4.12. The van der Waals surface area contributed by atoms with Crippen LogP contribution in [0.1, 0.15) is 16.7 Å². The van der Waals surface area contributed by atoms with Crippen LogP contribution >= 0.6 is 0 Å². The van der Waals surface area contributed by atoms with Crippen LogP contribution in [0.25, 0.3) is 6.08 Å². The number of fused-ring (bicyclic) bond motifs is 1. The molecule has 1 aromatic rings. The molecule has 50 valence electrons. The van der Waals surface area contributed by atoms with Gasteiger partial charge in [0.2, 0.25) is 0 Å². The van der Waals surface area contributed by atoms with Gasteiger partial charge in [-0.3, -0.25) is 4.98 Å². The van der Waals surface area contributed by atoms with Crippen LogP contribution in [0, 0.1) is 6.92 Å². The van der Waals surface area contributed by atoms with Crippen molar-refractivity contribution >= 4 is 6.08 Å². The maximum Gasteiger partial charge on any atom is 0.0309 e. The molecule has 1 aliphatic rings. The van der Waals surface area contributed by atoms with E-state index in [1.54, 1.807) is 0 Å². The second-order valence-electron chi connectivity index (χ2n) is 2.64. The first-order chi connectivity index (χ1) is 4.88. The van der Waals surface area contributed by atoms with E-state index in [2.05, 4.69) is 24.1 Å². The zero-order valence-corrected chi connectivity index (χ0v) is 5.96. The van der Waals surface area contributed by atoms with Crippen LogP contribution in [0.3, 0.4) is 0 Å². The van der Waals surface area contributed by atoms with Gasteiger partial charge in [-0.1, -0.05) is 12.2 Å². The van der Waals surface area contributed by atoms with E-state index in [9.17, 15) is 0 Å². The Labute approximate surface area is 60.4 Å². The Morgan fingerprint density at radius 1 is 1.40 bits per heavy atom. The number of aromatic nitrogens is 1. The van der Waals surface area contributed by atoms with Crippen molar-refractivity contribution in [1.82, 2.24) is 4.98 Å². The van der Waals surface area contributed by atoms with Gasteiger partial charge in [0.25, 0.3) is 0 Å². The minimum Gasteiger partial charge on any atom is -0.264 e. The summed E-state index contributed by atoms with van der Waals surface area (Å²) in [6, 6.07) is 0. The molecule has 0 unspecified atom stereocenters. The molecule has 0 N–H and O–H groups in total. The first-order valence-corrected chi connectivity index (χ1v) is 3.48. The monoisotopic (exact) mass is 131 g/mol. The fourth-order valence-electron chi connectivity index (χ4n) is 1.34. The average molecular weight is 131 g/mol. The second-order valence-corrected chi connectivity index (χ2v) is 2.64. The molecule has 0 saturated heterocycles. The summed E-state index contributed by atoms with van der Waals surface area (Å²) in [7, 11) is 0. The average Bonchev–Trinajstić information content (AvgIpc) is 2.36. The summed E-state index contributed by atoms with van der Waals surface area (Å²) in [6.07, 6.45) is 9.27. The third-order valence-corrected chi connectivity index (χ3v) is 1.89. The van der Waals surface area contributed by atoms with Crippen molar-refractivity contribution in [3.05, 3.63) is 35.2 Å². The lowest BCUT2D eigenvalue weighted by molar-refractivity contribution is 1.18. The summed E-state index contributed by atoms with van der Waals surface area (Å²) in [5.74, 6) is 0. The number of nitrogens with zero attached hydrogens (tertiary/aromatic N) is 1. The van der Waals surface area contributed by atoms with Gasteiger partial charge in [-0.15, -0.1) is 0 Å². The molecular formula is C9H9N. The first kappa shape index (κ1) is 5.66. The van der Waals surface area contributed by atoms with Gasteiger partial charge in [-0.05, 0) is 30.0 Å². The lowest BCUT2D eigenvalue weighted by atomic mass is 10.1. The summed E-state index contributed by atoms with van der Waals surface area (Å²) in [5.41, 5.74) is 4.02. The minimum atomic E-state index is 1.06. The zero-order valence-electron chi connectivity index (χ0n) is 5.96. The van der Waals surface area contributed by atoms with Crippen molar-refractivity contribution in [1.29, 1.82) is 0 Å². The highest BCUT2D eigenvalue weighted by Gasteiger charge is 2.05. The van der Waals surface area contributed by atoms with Crippen molar-refractivity contribution in [2.75, 3.05) is 0 Å². The van der Waals surface area contributed by atoms with Gasteiger partial charge in [0.1, 0.15) is 0 Å². The largest absolute Gasteiger partial charge is 0.264 e. The van der Waals surface area contributed by atoms with Crippen molar-refractivity contribution in [2.45, 2.75) is 13.3 Å². The van der Waals surface area contributed by atoms with Crippen molar-refractivity contribution in [3.8, 4) is 0 Å². The molecular weight excluding hydrogens is 122 g/mol. The van der Waals surface area contributed by atoms with E-state index in [1.165, 1.54) is 16.7 Å². The van der Waals surface area contributed by atoms with Gasteiger partial charge in [0, 0.05) is 12.4 Å². The molecule has 10 heavy (non-hydrogen) atoms. The summed E-state index contributed by atoms with van der Waals surface area (Å²) in [5, 5.41) is 0. The van der Waals surface area contributed by atoms with Crippen molar-refractivity contribution < 1.29 is 0 Å². The van der Waals surface area contributed by atoms with E-state index < -0.39 is 0 Å². The van der Waals surface area contributed by atoms with Gasteiger partial charge in [-0.2, -0.15) is 0 Å². The predicted molar refractivity (Wildman–Crippen MR) is 41.7 cm³/mol. The number of hydrogen-bond acceptors (Lipinski definition) is 1. The molecule has 0 bridgehead atoms. The second kappa shape index (κ2) is 1.94. The van der Waals surface area contributed by atoms with E-state index in [0.717, 1.165) is 6.42 Å². The number of allylic oxidation sites excluding steroid dienone is 1. The van der Waals surface area contributed by atoms with E-state index in [0.29, 0.717) is 0 Å². The van der Waals surface area contributed by atoms with E-state index >= 15 is 0 Å². The Balaban J connectivity index is 2.67. The van der Waals surface area contributed by atoms with Crippen LogP contribution < -0.4 is 0 Å². The Bertz CT molecular complexity index is 287. The molecule has 0 aromatic carbocycles. The molecule has 0 saturated carbocycles. The zero-order chi connectivity index (χ0) is 6.97. The molecule has 0 aliphatic heterocycles. The maximum absolute atomic E-state index is 4.12. The topological polar surface area (TPSA) is 12.9 Å². The van der Waals surface area contributed by atoms with Gasteiger partial charge in [-0.25, -0.2) is 0 Å². The molecule has 0 radical (unpaired) electrons. The Morgan fingerprint density at radius 2 is 2.30 bits per heavy atom. The molecule has 0 spiro atoms. The van der Waals surface area contributed by atoms with Gasteiger partial charge in [0.05, 0.1) is 0 Å². The van der Waals surface area contributed by atoms with Crippen LogP contribution in [0.5, 0.6) is 0 Å². The third-order valence-electron chi connectivity index (χ3n) is 1.89. The Kier molecular flexibility index (Phi) is 1.10. The lowest BCUT2D eigenvalue weighted by Crippen LogP contribution is -1.86. The fraction of sp³-hybridized carbons (Fsp3) is 0.222. The molecule has 1 nitrogen and oxygen atoms in total. The Morgan fingerprint density at radius 3 is 3.10 bits per heavy atom. The van der Waals surface area contributed by atoms with Crippen molar-refractivity contribution in [3.63, 3.8) is 0 Å². The maximum atomic E-state index is 4.12. The number of pyridine rings is 1. The molecule has 1 aromatic heterocycles. The van der Waals surface area contributed by atoms with Crippen LogP contribution in [0.15, 0.2) is 18.5 Å². The molecule has 1 heteroatoms. The molecule has 0 atom stereocenters. The molecule has 0 fully saturated rings. The van der Waals surface area contributed by atoms with Crippen molar-refractivity contribution in [2.24, 2.45) is 0 Å². The van der Waals surface area contributed by atoms with Crippen LogP contribution in [-0.4, -0.2) is 4.98 Å².